The maximum atomic E-state index is 14.8. The van der Waals surface area contributed by atoms with Gasteiger partial charge >= 0.3 is 0 Å². The fraction of sp³-hybridized carbons (Fsp3) is 0.444. The molecule has 6 rings (SSSR count). The van der Waals surface area contributed by atoms with Crippen LogP contribution in [0.15, 0.2) is 66.7 Å². The van der Waals surface area contributed by atoms with E-state index in [-0.39, 0.29) is 36.6 Å². The van der Waals surface area contributed by atoms with Crippen molar-refractivity contribution in [2.75, 3.05) is 23.9 Å². The molecule has 0 aliphatic carbocycles. The number of carbonyl (C=O) groups excluding carboxylic acids is 2. The summed E-state index contributed by atoms with van der Waals surface area (Å²) in [7, 11) is -0.713. The molecule has 3 aliphatic rings. The normalized spacial score (nSPS) is 30.8. The Balaban J connectivity index is 1.26. The Hall–Kier alpha value is -3.37. The van der Waals surface area contributed by atoms with Gasteiger partial charge in [0.2, 0.25) is 0 Å². The predicted molar refractivity (Wildman–Crippen MR) is 188 cm³/mol. The molecule has 0 saturated carbocycles. The molecule has 2 amide bonds. The molecule has 2 saturated heterocycles. The molecule has 1 spiro atoms. The Kier molecular flexibility index (Phi) is 10.2. The second-order valence-corrected chi connectivity index (χ2v) is 19.0. The first-order chi connectivity index (χ1) is 23.7. The van der Waals surface area contributed by atoms with E-state index in [1.165, 1.54) is 5.19 Å². The van der Waals surface area contributed by atoms with E-state index in [0.29, 0.717) is 28.4 Å². The molecule has 3 aromatic carbocycles. The van der Waals surface area contributed by atoms with Crippen LogP contribution in [0.5, 0.6) is 5.75 Å². The van der Waals surface area contributed by atoms with Crippen LogP contribution in [0.3, 0.4) is 0 Å². The van der Waals surface area contributed by atoms with Crippen molar-refractivity contribution in [2.45, 2.75) is 80.9 Å². The molecule has 14 heteroatoms. The van der Waals surface area contributed by atoms with E-state index in [1.54, 1.807) is 48.4 Å². The predicted octanol–water partition coefficient (Wildman–Crippen LogP) is 2.23. The third-order valence-electron chi connectivity index (χ3n) is 10.6. The summed E-state index contributed by atoms with van der Waals surface area (Å²) >= 11 is 6.56. The molecule has 3 aliphatic heterocycles. The summed E-state index contributed by atoms with van der Waals surface area (Å²) in [6, 6.07) is 20.2. The van der Waals surface area contributed by atoms with E-state index >= 15 is 0 Å². The lowest BCUT2D eigenvalue weighted by Crippen LogP contribution is -2.60. The van der Waals surface area contributed by atoms with E-state index in [1.807, 2.05) is 18.2 Å². The molecular formula is C36H43ClN2O10Si. The summed E-state index contributed by atoms with van der Waals surface area (Å²) in [5, 5.41) is 54.1. The highest BCUT2D eigenvalue weighted by Gasteiger charge is 2.66. The number of benzene rings is 3. The molecule has 3 heterocycles. The molecule has 0 radical (unpaired) electrons. The second-order valence-electron chi connectivity index (χ2n) is 13.8. The largest absolute Gasteiger partial charge is 0.497 e. The standard InChI is InChI=1S/C36H43ClN2O10Si/c1-19-32(50(3,4)24-12-10-23(47-2)11-13-24)27(15-16-40)49-36(19)25-17-21(37)7-14-26(25)39(35(36)46)18-20-5-8-22(9-6-20)38-33(44)31-29(42)28(41)30(43)34(45)48-31/h5-14,17,19,27-32,34,40-43,45H,15-16,18H2,1-4H3,(H,38,44)/t19-,27+,28-,29-,30+,31-,32-,34+,36+/m0/s1. The number of ether oxygens (including phenoxy) is 3. The lowest BCUT2D eigenvalue weighted by molar-refractivity contribution is -0.274. The number of halogens is 1. The van der Waals surface area contributed by atoms with Crippen LogP contribution in [0.4, 0.5) is 11.4 Å². The van der Waals surface area contributed by atoms with Gasteiger partial charge in [-0.2, -0.15) is 0 Å². The van der Waals surface area contributed by atoms with Gasteiger partial charge in [-0.1, -0.05) is 61.1 Å². The van der Waals surface area contributed by atoms with Crippen molar-refractivity contribution in [3.05, 3.63) is 82.9 Å². The number of carbonyl (C=O) groups is 2. The molecule has 0 bridgehead atoms. The average Bonchev–Trinajstić information content (AvgIpc) is 3.52. The van der Waals surface area contributed by atoms with Gasteiger partial charge < -0.3 is 50.0 Å². The van der Waals surface area contributed by atoms with Crippen LogP contribution in [0.2, 0.25) is 23.7 Å². The smallest absolute Gasteiger partial charge is 0.264 e. The minimum Gasteiger partial charge on any atom is -0.497 e. The number of methoxy groups -OCH3 is 1. The molecule has 0 aromatic heterocycles. The van der Waals surface area contributed by atoms with E-state index < -0.39 is 50.3 Å². The molecule has 9 atom stereocenters. The van der Waals surface area contributed by atoms with Crippen LogP contribution in [-0.4, -0.2) is 95.9 Å². The third-order valence-corrected chi connectivity index (χ3v) is 15.2. The highest BCUT2D eigenvalue weighted by Crippen LogP contribution is 2.60. The van der Waals surface area contributed by atoms with Crippen LogP contribution in [0, 0.1) is 5.92 Å². The van der Waals surface area contributed by atoms with Crippen molar-refractivity contribution in [1.29, 1.82) is 0 Å². The minimum atomic E-state index is -2.34. The molecule has 6 N–H and O–H groups in total. The molecule has 3 aromatic rings. The summed E-state index contributed by atoms with van der Waals surface area (Å²) in [6.45, 7) is 6.71. The Labute approximate surface area is 296 Å². The Bertz CT molecular complexity index is 1730. The van der Waals surface area contributed by atoms with Crippen molar-refractivity contribution in [1.82, 2.24) is 0 Å². The number of hydrogen-bond donors (Lipinski definition) is 6. The van der Waals surface area contributed by atoms with Gasteiger partial charge in [0, 0.05) is 28.8 Å². The Morgan fingerprint density at radius 3 is 2.32 bits per heavy atom. The SMILES string of the molecule is COc1ccc([Si](C)(C)[C@@H]2[C@@H](CCO)O[C@]3(C(=O)N(Cc4ccc(NC(=O)[C@H]5O[C@@H](O)[C@H](O)[C@@H](O)[C@@H]5O)cc4)c4ccc(Cl)cc43)[C@H]2C)cc1. The third kappa shape index (κ3) is 6.14. The van der Waals surface area contributed by atoms with E-state index in [4.69, 9.17) is 25.8 Å². The van der Waals surface area contributed by atoms with Gasteiger partial charge in [-0.3, -0.25) is 9.59 Å². The number of amides is 2. The van der Waals surface area contributed by atoms with Crippen molar-refractivity contribution in [3.8, 4) is 5.75 Å². The van der Waals surface area contributed by atoms with Crippen LogP contribution in [0.1, 0.15) is 24.5 Å². The lowest BCUT2D eigenvalue weighted by Gasteiger charge is -2.37. The maximum absolute atomic E-state index is 14.8. The summed E-state index contributed by atoms with van der Waals surface area (Å²) < 4.78 is 17.3. The highest BCUT2D eigenvalue weighted by molar-refractivity contribution is 6.91. The quantitative estimate of drug-likeness (QED) is 0.179. The zero-order valence-corrected chi connectivity index (χ0v) is 29.9. The zero-order valence-electron chi connectivity index (χ0n) is 28.2. The Morgan fingerprint density at radius 2 is 1.68 bits per heavy atom. The number of hydrogen-bond acceptors (Lipinski definition) is 10. The summed E-state index contributed by atoms with van der Waals surface area (Å²) in [5.41, 5.74) is 1.11. The highest BCUT2D eigenvalue weighted by atomic mass is 35.5. The van der Waals surface area contributed by atoms with Crippen molar-refractivity contribution in [2.24, 2.45) is 5.92 Å². The fourth-order valence-electron chi connectivity index (χ4n) is 8.01. The Morgan fingerprint density at radius 1 is 1.00 bits per heavy atom. The number of nitrogens with one attached hydrogen (secondary N) is 1. The number of nitrogens with zero attached hydrogens (tertiary/aromatic N) is 1. The van der Waals surface area contributed by atoms with Gasteiger partial charge in [-0.15, -0.1) is 0 Å². The first kappa shape index (κ1) is 36.4. The zero-order chi connectivity index (χ0) is 36.1. The minimum absolute atomic E-state index is 0.0289. The topological polar surface area (TPSA) is 178 Å². The number of fused-ring (bicyclic) bond motifs is 2. The first-order valence-electron chi connectivity index (χ1n) is 16.6. The number of aliphatic hydroxyl groups is 5. The van der Waals surface area contributed by atoms with Crippen LogP contribution in [0.25, 0.3) is 0 Å². The van der Waals surface area contributed by atoms with Gasteiger partial charge in [0.15, 0.2) is 18.0 Å². The maximum Gasteiger partial charge on any atom is 0.264 e. The molecule has 2 fully saturated rings. The number of rotatable bonds is 9. The molecular weight excluding hydrogens is 684 g/mol. The summed E-state index contributed by atoms with van der Waals surface area (Å²) in [6.07, 6.45) is -8.75. The van der Waals surface area contributed by atoms with Crippen molar-refractivity contribution < 1.29 is 49.3 Å². The van der Waals surface area contributed by atoms with E-state index in [9.17, 15) is 35.1 Å². The number of aliphatic hydroxyl groups excluding tert-OH is 5. The molecule has 268 valence electrons. The van der Waals surface area contributed by atoms with E-state index in [2.05, 4.69) is 37.5 Å². The monoisotopic (exact) mass is 726 g/mol. The summed E-state index contributed by atoms with van der Waals surface area (Å²) in [5.74, 6) is -0.535. The molecule has 12 nitrogen and oxygen atoms in total. The molecule has 50 heavy (non-hydrogen) atoms. The van der Waals surface area contributed by atoms with Crippen molar-refractivity contribution >= 4 is 48.1 Å². The van der Waals surface area contributed by atoms with Gasteiger partial charge in [-0.25, -0.2) is 0 Å². The first-order valence-corrected chi connectivity index (χ1v) is 20.0. The van der Waals surface area contributed by atoms with E-state index in [0.717, 1.165) is 11.3 Å². The van der Waals surface area contributed by atoms with Gasteiger partial charge in [0.05, 0.1) is 33.5 Å². The summed E-state index contributed by atoms with van der Waals surface area (Å²) in [4.78, 5) is 29.3. The van der Waals surface area contributed by atoms with Crippen LogP contribution in [-0.2, 0) is 31.2 Å². The van der Waals surface area contributed by atoms with Gasteiger partial charge in [0.25, 0.3) is 11.8 Å². The van der Waals surface area contributed by atoms with Crippen LogP contribution >= 0.6 is 11.6 Å². The molecule has 0 unspecified atom stereocenters. The second kappa shape index (κ2) is 14.0. The lowest BCUT2D eigenvalue weighted by atomic mass is 9.82. The number of anilines is 2. The average molecular weight is 727 g/mol. The van der Waals surface area contributed by atoms with Crippen molar-refractivity contribution in [3.63, 3.8) is 0 Å². The van der Waals surface area contributed by atoms with Gasteiger partial charge in [-0.05, 0) is 60.0 Å². The van der Waals surface area contributed by atoms with Gasteiger partial charge in [0.1, 0.15) is 24.1 Å². The fourth-order valence-corrected chi connectivity index (χ4v) is 12.2. The van der Waals surface area contributed by atoms with Crippen LogP contribution < -0.4 is 20.1 Å².